The van der Waals surface area contributed by atoms with Crippen LogP contribution in [-0.4, -0.2) is 69.9 Å². The van der Waals surface area contributed by atoms with Crippen molar-refractivity contribution in [1.29, 1.82) is 0 Å². The second-order valence-electron chi connectivity index (χ2n) is 9.45. The molecule has 0 saturated heterocycles. The lowest BCUT2D eigenvalue weighted by Gasteiger charge is -2.25. The maximum absolute atomic E-state index is 13.4. The Bertz CT molecular complexity index is 1210. The molecule has 0 heterocycles. The van der Waals surface area contributed by atoms with Crippen LogP contribution in [0.2, 0.25) is 0 Å². The highest BCUT2D eigenvalue weighted by atomic mass is 16.4. The van der Waals surface area contributed by atoms with Gasteiger partial charge in [0.15, 0.2) is 0 Å². The molecule has 220 valence electrons. The molecule has 2 aromatic rings. The molecule has 0 aliphatic rings. The first-order valence-electron chi connectivity index (χ1n) is 12.9. The summed E-state index contributed by atoms with van der Waals surface area (Å²) in [6.45, 7) is 0. The van der Waals surface area contributed by atoms with Crippen LogP contribution in [0.25, 0.3) is 0 Å². The van der Waals surface area contributed by atoms with Gasteiger partial charge in [-0.3, -0.25) is 24.0 Å². The predicted octanol–water partition coefficient (Wildman–Crippen LogP) is -0.532. The second kappa shape index (κ2) is 16.4. The number of nitrogens with one attached hydrogen (secondary N) is 3. The Morgan fingerprint density at radius 3 is 1.59 bits per heavy atom. The summed E-state index contributed by atoms with van der Waals surface area (Å²) in [5.74, 6) is -5.64. The number of rotatable bonds is 17. The molecule has 13 heteroatoms. The standard InChI is InChI=1S/C28H35N5O8/c29-19(11-13-23(30)34)25(37)32-21(15-17-7-3-1-4-8-17)27(39)31-20(12-14-24(35)36)26(38)33-22(28(40)41)16-18-9-5-2-6-10-18/h1-10,19-22H,11-16,29H2,(H2,30,34)(H,31,39)(H,32,37)(H,33,38)(H,35,36)(H,40,41). The molecule has 0 saturated carbocycles. The molecule has 0 spiro atoms. The maximum atomic E-state index is 13.4. The maximum Gasteiger partial charge on any atom is 0.326 e. The highest BCUT2D eigenvalue weighted by Gasteiger charge is 2.31. The number of hydrogen-bond donors (Lipinski definition) is 7. The second-order valence-corrected chi connectivity index (χ2v) is 9.45. The Hall–Kier alpha value is -4.78. The Kier molecular flexibility index (Phi) is 12.9. The van der Waals surface area contributed by atoms with Crippen LogP contribution < -0.4 is 27.4 Å². The summed E-state index contributed by atoms with van der Waals surface area (Å²) >= 11 is 0. The minimum Gasteiger partial charge on any atom is -0.481 e. The fourth-order valence-electron chi connectivity index (χ4n) is 3.90. The molecule has 13 nitrogen and oxygen atoms in total. The highest BCUT2D eigenvalue weighted by molar-refractivity contribution is 5.94. The van der Waals surface area contributed by atoms with Gasteiger partial charge in [0, 0.05) is 25.7 Å². The molecule has 0 radical (unpaired) electrons. The summed E-state index contributed by atoms with van der Waals surface area (Å²) in [6.07, 6.45) is -1.08. The molecule has 2 rings (SSSR count). The van der Waals surface area contributed by atoms with E-state index < -0.39 is 66.2 Å². The smallest absolute Gasteiger partial charge is 0.326 e. The fraction of sp³-hybridized carbons (Fsp3) is 0.357. The molecule has 0 fully saturated rings. The van der Waals surface area contributed by atoms with E-state index in [4.69, 9.17) is 11.5 Å². The number of nitrogens with two attached hydrogens (primary N) is 2. The Morgan fingerprint density at radius 1 is 0.634 bits per heavy atom. The van der Waals surface area contributed by atoms with Crippen LogP contribution in [0.1, 0.15) is 36.8 Å². The van der Waals surface area contributed by atoms with Crippen molar-refractivity contribution in [3.8, 4) is 0 Å². The van der Waals surface area contributed by atoms with Gasteiger partial charge in [-0.1, -0.05) is 60.7 Å². The van der Waals surface area contributed by atoms with E-state index in [1.54, 1.807) is 60.7 Å². The first-order valence-corrected chi connectivity index (χ1v) is 12.9. The van der Waals surface area contributed by atoms with Crippen LogP contribution in [-0.2, 0) is 41.6 Å². The van der Waals surface area contributed by atoms with Gasteiger partial charge in [-0.05, 0) is 24.0 Å². The van der Waals surface area contributed by atoms with Gasteiger partial charge in [0.05, 0.1) is 6.04 Å². The van der Waals surface area contributed by atoms with Gasteiger partial charge in [0.25, 0.3) is 0 Å². The average molecular weight is 570 g/mol. The minimum atomic E-state index is -1.42. The van der Waals surface area contributed by atoms with Crippen molar-refractivity contribution < 1.29 is 39.0 Å². The molecule has 4 atom stereocenters. The number of carbonyl (C=O) groups is 6. The molecule has 9 N–H and O–H groups in total. The molecule has 0 aliphatic heterocycles. The lowest BCUT2D eigenvalue weighted by Crippen LogP contribution is -2.57. The van der Waals surface area contributed by atoms with Crippen LogP contribution >= 0.6 is 0 Å². The molecule has 0 aromatic heterocycles. The van der Waals surface area contributed by atoms with E-state index in [2.05, 4.69) is 16.0 Å². The number of amides is 4. The van der Waals surface area contributed by atoms with Crippen LogP contribution in [0.5, 0.6) is 0 Å². The summed E-state index contributed by atoms with van der Waals surface area (Å²) in [7, 11) is 0. The van der Waals surface area contributed by atoms with E-state index >= 15 is 0 Å². The zero-order chi connectivity index (χ0) is 30.4. The first kappa shape index (κ1) is 32.4. The van der Waals surface area contributed by atoms with E-state index in [9.17, 15) is 39.0 Å². The lowest BCUT2D eigenvalue weighted by atomic mass is 10.0. The number of hydrogen-bond acceptors (Lipinski definition) is 7. The van der Waals surface area contributed by atoms with Crippen LogP contribution in [0, 0.1) is 0 Å². The van der Waals surface area contributed by atoms with Gasteiger partial charge in [0.2, 0.25) is 23.6 Å². The van der Waals surface area contributed by atoms with Crippen molar-refractivity contribution >= 4 is 35.6 Å². The fourth-order valence-corrected chi connectivity index (χ4v) is 3.90. The third-order valence-electron chi connectivity index (χ3n) is 6.13. The van der Waals surface area contributed by atoms with E-state index in [1.807, 2.05) is 0 Å². The SMILES string of the molecule is NC(=O)CCC(N)C(=O)NC(Cc1ccccc1)C(=O)NC(CCC(=O)O)C(=O)NC(Cc1ccccc1)C(=O)O. The van der Waals surface area contributed by atoms with Gasteiger partial charge in [-0.2, -0.15) is 0 Å². The molecular formula is C28H35N5O8. The van der Waals surface area contributed by atoms with Crippen molar-refractivity contribution in [3.63, 3.8) is 0 Å². The van der Waals surface area contributed by atoms with Gasteiger partial charge < -0.3 is 37.6 Å². The largest absolute Gasteiger partial charge is 0.481 e. The van der Waals surface area contributed by atoms with Crippen molar-refractivity contribution in [3.05, 3.63) is 71.8 Å². The minimum absolute atomic E-state index is 0.0000194. The van der Waals surface area contributed by atoms with E-state index in [1.165, 1.54) is 0 Å². The van der Waals surface area contributed by atoms with Crippen molar-refractivity contribution in [1.82, 2.24) is 16.0 Å². The number of carboxylic acid groups (broad SMARTS) is 2. The van der Waals surface area contributed by atoms with Crippen molar-refractivity contribution in [2.24, 2.45) is 11.5 Å². The van der Waals surface area contributed by atoms with Crippen LogP contribution in [0.4, 0.5) is 0 Å². The van der Waals surface area contributed by atoms with Crippen molar-refractivity contribution in [2.75, 3.05) is 0 Å². The summed E-state index contributed by atoms with van der Waals surface area (Å²) in [5.41, 5.74) is 12.3. The Balaban J connectivity index is 2.23. The first-order chi connectivity index (χ1) is 19.5. The van der Waals surface area contributed by atoms with Gasteiger partial charge in [0.1, 0.15) is 18.1 Å². The molecule has 2 aromatic carbocycles. The van der Waals surface area contributed by atoms with E-state index in [0.29, 0.717) is 11.1 Å². The molecular weight excluding hydrogens is 534 g/mol. The molecule has 4 unspecified atom stereocenters. The Morgan fingerprint density at radius 2 is 1.10 bits per heavy atom. The number of benzene rings is 2. The quantitative estimate of drug-likeness (QED) is 0.130. The third kappa shape index (κ3) is 11.9. The number of aliphatic carboxylic acids is 2. The topological polar surface area (TPSA) is 231 Å². The normalized spacial score (nSPS) is 13.6. The monoisotopic (exact) mass is 569 g/mol. The van der Waals surface area contributed by atoms with E-state index in [-0.39, 0.29) is 32.1 Å². The summed E-state index contributed by atoms with van der Waals surface area (Å²) in [4.78, 5) is 73.4. The molecule has 41 heavy (non-hydrogen) atoms. The lowest BCUT2D eigenvalue weighted by molar-refractivity contribution is -0.143. The summed E-state index contributed by atoms with van der Waals surface area (Å²) < 4.78 is 0. The van der Waals surface area contributed by atoms with Crippen LogP contribution in [0.15, 0.2) is 60.7 Å². The zero-order valence-corrected chi connectivity index (χ0v) is 22.3. The van der Waals surface area contributed by atoms with Gasteiger partial charge >= 0.3 is 11.9 Å². The molecule has 0 aliphatic carbocycles. The average Bonchev–Trinajstić information content (AvgIpc) is 2.93. The Labute approximate surface area is 236 Å². The predicted molar refractivity (Wildman–Crippen MR) is 147 cm³/mol. The summed E-state index contributed by atoms with van der Waals surface area (Å²) in [5, 5.41) is 26.2. The molecule has 4 amide bonds. The zero-order valence-electron chi connectivity index (χ0n) is 22.3. The van der Waals surface area contributed by atoms with Gasteiger partial charge in [-0.25, -0.2) is 4.79 Å². The van der Waals surface area contributed by atoms with Crippen LogP contribution in [0.3, 0.4) is 0 Å². The number of carbonyl (C=O) groups excluding carboxylic acids is 4. The molecule has 0 bridgehead atoms. The van der Waals surface area contributed by atoms with E-state index in [0.717, 1.165) is 0 Å². The van der Waals surface area contributed by atoms with Crippen molar-refractivity contribution in [2.45, 2.75) is 62.7 Å². The summed E-state index contributed by atoms with van der Waals surface area (Å²) in [6, 6.07) is 12.1. The number of primary amides is 1. The number of carboxylic acids is 2. The third-order valence-corrected chi connectivity index (χ3v) is 6.13. The highest BCUT2D eigenvalue weighted by Crippen LogP contribution is 2.08. The van der Waals surface area contributed by atoms with Gasteiger partial charge in [-0.15, -0.1) is 0 Å².